The van der Waals surface area contributed by atoms with Gasteiger partial charge in [0.1, 0.15) is 5.01 Å². The molecule has 1 rings (SSSR count). The monoisotopic (exact) mass is 339 g/mol. The maximum Gasteiger partial charge on any atom is 0.225 e. The van der Waals surface area contributed by atoms with Gasteiger partial charge in [-0.25, -0.2) is 4.98 Å². The second-order valence-electron chi connectivity index (χ2n) is 7.87. The molecule has 2 N–H and O–H groups in total. The topological polar surface area (TPSA) is 71.1 Å². The molecule has 0 spiro atoms. The third-order valence-electron chi connectivity index (χ3n) is 3.36. The molecule has 0 saturated carbocycles. The molecule has 1 atom stereocenters. The van der Waals surface area contributed by atoms with Crippen molar-refractivity contribution in [3.05, 3.63) is 16.1 Å². The van der Waals surface area contributed by atoms with E-state index in [1.165, 1.54) is 0 Å². The van der Waals surface area contributed by atoms with E-state index in [0.717, 1.165) is 10.7 Å². The van der Waals surface area contributed by atoms with Gasteiger partial charge in [-0.15, -0.1) is 11.3 Å². The van der Waals surface area contributed by atoms with Gasteiger partial charge in [-0.3, -0.25) is 9.59 Å². The van der Waals surface area contributed by atoms with E-state index >= 15 is 0 Å². The number of nitrogens with one attached hydrogen (secondary N) is 2. The third-order valence-corrected chi connectivity index (χ3v) is 4.38. The van der Waals surface area contributed by atoms with Gasteiger partial charge in [-0.2, -0.15) is 0 Å². The van der Waals surface area contributed by atoms with Crippen molar-refractivity contribution in [1.29, 1.82) is 0 Å². The third kappa shape index (κ3) is 6.29. The van der Waals surface area contributed by atoms with Crippen LogP contribution in [-0.2, 0) is 15.0 Å². The zero-order chi connectivity index (χ0) is 17.8. The van der Waals surface area contributed by atoms with Gasteiger partial charge in [0.2, 0.25) is 11.8 Å². The van der Waals surface area contributed by atoms with Crippen molar-refractivity contribution < 1.29 is 9.59 Å². The Morgan fingerprint density at radius 3 is 2.30 bits per heavy atom. The van der Waals surface area contributed by atoms with E-state index in [0.29, 0.717) is 6.54 Å². The van der Waals surface area contributed by atoms with Crippen LogP contribution in [0, 0.1) is 5.41 Å². The van der Waals surface area contributed by atoms with Crippen LogP contribution in [0.3, 0.4) is 0 Å². The highest BCUT2D eigenvalue weighted by Gasteiger charge is 2.22. The van der Waals surface area contributed by atoms with Crippen LogP contribution in [0.15, 0.2) is 5.38 Å². The van der Waals surface area contributed by atoms with Gasteiger partial charge in [0.15, 0.2) is 0 Å². The Kier molecular flexibility index (Phi) is 6.33. The van der Waals surface area contributed by atoms with Crippen LogP contribution in [0.5, 0.6) is 0 Å². The van der Waals surface area contributed by atoms with Crippen molar-refractivity contribution >= 4 is 23.2 Å². The number of carbonyl (C=O) groups is 2. The second-order valence-corrected chi connectivity index (χ2v) is 8.76. The molecular weight excluding hydrogens is 310 g/mol. The lowest BCUT2D eigenvalue weighted by Gasteiger charge is -2.18. The summed E-state index contributed by atoms with van der Waals surface area (Å²) in [6, 6.07) is -0.123. The van der Waals surface area contributed by atoms with E-state index in [4.69, 9.17) is 0 Å². The molecule has 1 aromatic rings. The Morgan fingerprint density at radius 2 is 1.83 bits per heavy atom. The van der Waals surface area contributed by atoms with E-state index < -0.39 is 5.41 Å². The Morgan fingerprint density at radius 1 is 1.22 bits per heavy atom. The van der Waals surface area contributed by atoms with Gasteiger partial charge in [-0.05, 0) is 6.92 Å². The fourth-order valence-electron chi connectivity index (χ4n) is 1.76. The molecular formula is C17H29N3O2S. The van der Waals surface area contributed by atoms with E-state index in [2.05, 4.69) is 36.4 Å². The van der Waals surface area contributed by atoms with Crippen LogP contribution < -0.4 is 10.6 Å². The highest BCUT2D eigenvalue weighted by Crippen LogP contribution is 2.26. The maximum absolute atomic E-state index is 12.0. The van der Waals surface area contributed by atoms with Crippen molar-refractivity contribution in [2.75, 3.05) is 6.54 Å². The van der Waals surface area contributed by atoms with E-state index in [1.54, 1.807) is 11.3 Å². The summed E-state index contributed by atoms with van der Waals surface area (Å²) >= 11 is 1.56. The zero-order valence-corrected chi connectivity index (χ0v) is 16.1. The highest BCUT2D eigenvalue weighted by atomic mass is 32.1. The molecule has 0 fully saturated rings. The van der Waals surface area contributed by atoms with Gasteiger partial charge in [0.05, 0.1) is 11.7 Å². The lowest BCUT2D eigenvalue weighted by molar-refractivity contribution is -0.128. The summed E-state index contributed by atoms with van der Waals surface area (Å²) in [5.41, 5.74) is 0.611. The largest absolute Gasteiger partial charge is 0.355 e. The van der Waals surface area contributed by atoms with Crippen LogP contribution in [0.4, 0.5) is 0 Å². The molecule has 130 valence electrons. The lowest BCUT2D eigenvalue weighted by atomic mass is 9.93. The van der Waals surface area contributed by atoms with Crippen molar-refractivity contribution in [1.82, 2.24) is 15.6 Å². The zero-order valence-electron chi connectivity index (χ0n) is 15.2. The van der Waals surface area contributed by atoms with Crippen LogP contribution >= 0.6 is 11.3 Å². The molecule has 0 radical (unpaired) electrons. The number of carbonyl (C=O) groups excluding carboxylic acids is 2. The van der Waals surface area contributed by atoms with Crippen molar-refractivity contribution in [3.8, 4) is 0 Å². The molecule has 0 unspecified atom stereocenters. The molecule has 0 aliphatic rings. The molecule has 0 aliphatic carbocycles. The summed E-state index contributed by atoms with van der Waals surface area (Å²) in [6.07, 6.45) is 0.268. The van der Waals surface area contributed by atoms with Crippen LogP contribution in [0.1, 0.15) is 71.6 Å². The number of nitrogens with zero attached hydrogens (tertiary/aromatic N) is 1. The summed E-state index contributed by atoms with van der Waals surface area (Å²) in [5, 5.41) is 8.66. The number of hydrogen-bond acceptors (Lipinski definition) is 4. The summed E-state index contributed by atoms with van der Waals surface area (Å²) in [6.45, 7) is 14.2. The van der Waals surface area contributed by atoms with Crippen LogP contribution in [0.2, 0.25) is 0 Å². The Balaban J connectivity index is 2.45. The molecule has 0 saturated heterocycles. The Bertz CT molecular complexity index is 553. The summed E-state index contributed by atoms with van der Waals surface area (Å²) in [4.78, 5) is 28.3. The normalized spacial score (nSPS) is 13.5. The first-order valence-corrected chi connectivity index (χ1v) is 8.83. The van der Waals surface area contributed by atoms with E-state index in [1.807, 2.05) is 33.1 Å². The maximum atomic E-state index is 12.0. The standard InChI is InChI=1S/C17H29N3O2S/c1-11(14-20-12(10-23-14)16(2,3)4)19-13(21)8-9-18-15(22)17(5,6)7/h10-11H,8-9H2,1-7H3,(H,18,22)(H,19,21)/t11-/m0/s1. The minimum atomic E-state index is -0.436. The lowest BCUT2D eigenvalue weighted by Crippen LogP contribution is -2.37. The molecule has 1 heterocycles. The predicted molar refractivity (Wildman–Crippen MR) is 94.5 cm³/mol. The smallest absolute Gasteiger partial charge is 0.225 e. The molecule has 23 heavy (non-hydrogen) atoms. The average molecular weight is 340 g/mol. The summed E-state index contributed by atoms with van der Waals surface area (Å²) < 4.78 is 0. The van der Waals surface area contributed by atoms with Gasteiger partial charge < -0.3 is 10.6 Å². The van der Waals surface area contributed by atoms with Crippen molar-refractivity contribution in [3.63, 3.8) is 0 Å². The number of thiazole rings is 1. The molecule has 0 aliphatic heterocycles. The molecule has 2 amide bonds. The van der Waals surface area contributed by atoms with Gasteiger partial charge in [0, 0.05) is 29.2 Å². The molecule has 6 heteroatoms. The average Bonchev–Trinajstić information content (AvgIpc) is 2.86. The molecule has 0 bridgehead atoms. The number of hydrogen-bond donors (Lipinski definition) is 2. The predicted octanol–water partition coefficient (Wildman–Crippen LogP) is 3.17. The quantitative estimate of drug-likeness (QED) is 0.865. The number of rotatable bonds is 5. The molecule has 0 aromatic carbocycles. The van der Waals surface area contributed by atoms with Crippen LogP contribution in [0.25, 0.3) is 0 Å². The summed E-state index contributed by atoms with van der Waals surface area (Å²) in [5.74, 6) is -0.132. The number of amides is 2. The van der Waals surface area contributed by atoms with E-state index in [-0.39, 0.29) is 29.7 Å². The Labute approximate surface area is 143 Å². The molecule has 5 nitrogen and oxygen atoms in total. The first-order chi connectivity index (χ1) is 10.4. The number of aromatic nitrogens is 1. The van der Waals surface area contributed by atoms with Crippen LogP contribution in [-0.4, -0.2) is 23.3 Å². The molecule has 1 aromatic heterocycles. The van der Waals surface area contributed by atoms with E-state index in [9.17, 15) is 9.59 Å². The first kappa shape index (κ1) is 19.6. The van der Waals surface area contributed by atoms with Gasteiger partial charge in [0.25, 0.3) is 0 Å². The SMILES string of the molecule is C[C@H](NC(=O)CCNC(=O)C(C)(C)C)c1nc(C(C)(C)C)cs1. The first-order valence-electron chi connectivity index (χ1n) is 7.95. The highest BCUT2D eigenvalue weighted by molar-refractivity contribution is 7.09. The van der Waals surface area contributed by atoms with Crippen molar-refractivity contribution in [2.45, 2.75) is 66.3 Å². The fourth-order valence-corrected chi connectivity index (χ4v) is 2.81. The Hall–Kier alpha value is -1.43. The summed E-state index contributed by atoms with van der Waals surface area (Å²) in [7, 11) is 0. The van der Waals surface area contributed by atoms with Gasteiger partial charge in [-0.1, -0.05) is 41.5 Å². The minimum Gasteiger partial charge on any atom is -0.355 e. The second kappa shape index (κ2) is 7.43. The minimum absolute atomic E-state index is 0.00964. The van der Waals surface area contributed by atoms with Gasteiger partial charge >= 0.3 is 0 Å². The van der Waals surface area contributed by atoms with Crippen molar-refractivity contribution in [2.24, 2.45) is 5.41 Å². The fraction of sp³-hybridized carbons (Fsp3) is 0.706.